The molecule has 3 aromatic carbocycles. The van der Waals surface area contributed by atoms with Gasteiger partial charge in [0.25, 0.3) is 0 Å². The molecule has 10 nitrogen and oxygen atoms in total. The molecule has 2 heterocycles. The third kappa shape index (κ3) is 16.6. The molecule has 5 rings (SSSR count). The normalized spacial score (nSPS) is 10.2. The fourth-order valence-corrected chi connectivity index (χ4v) is 2.76. The Hall–Kier alpha value is -4.46. The maximum atomic E-state index is 11.7. The van der Waals surface area contributed by atoms with Gasteiger partial charge in [-0.15, -0.1) is 21.7 Å². The number of aliphatic imine (C=N–C) groups is 2. The van der Waals surface area contributed by atoms with Crippen LogP contribution >= 0.6 is 0 Å². The molecule has 0 fully saturated rings. The zero-order valence-corrected chi connectivity index (χ0v) is 23.6. The largest absolute Gasteiger partial charge is 3.00 e. The van der Waals surface area contributed by atoms with E-state index >= 15 is 0 Å². The molecule has 0 aliphatic carbocycles. The third-order valence-corrected chi connectivity index (χ3v) is 4.54. The molecule has 0 aliphatic rings. The summed E-state index contributed by atoms with van der Waals surface area (Å²) < 4.78 is 34.0. The second kappa shape index (κ2) is 20.4. The quantitative estimate of drug-likeness (QED) is 0.260. The summed E-state index contributed by atoms with van der Waals surface area (Å²) in [5, 5.41) is 23.4. The van der Waals surface area contributed by atoms with E-state index in [-0.39, 0.29) is 28.3 Å². The van der Waals surface area contributed by atoms with Crippen LogP contribution in [0, 0.1) is 10.2 Å². The summed E-state index contributed by atoms with van der Waals surface area (Å²) >= 11 is 0. The smallest absolute Gasteiger partial charge is 0.872 e. The van der Waals surface area contributed by atoms with Crippen LogP contribution in [-0.4, -0.2) is 22.4 Å². The van der Waals surface area contributed by atoms with Crippen molar-refractivity contribution in [3.63, 3.8) is 0 Å². The van der Waals surface area contributed by atoms with Gasteiger partial charge in [-0.1, -0.05) is 72.8 Å². The van der Waals surface area contributed by atoms with Crippen molar-refractivity contribution < 1.29 is 55.9 Å². The van der Waals surface area contributed by atoms with Gasteiger partial charge in [0.05, 0.1) is 11.4 Å². The van der Waals surface area contributed by atoms with Gasteiger partial charge in [0.1, 0.15) is 0 Å². The van der Waals surface area contributed by atoms with E-state index in [2.05, 4.69) is 20.0 Å². The number of benzene rings is 3. The SMILES string of the molecule is [Co+3].[O-][Cl+3]([O-])([O-])[O-].[O-]c1ccccc1C=Nc1ccccc1N=Cc1ccccc1[O-].c1ccncc1.c1ccncc1. The molecule has 12 heteroatoms. The predicted molar refractivity (Wildman–Crippen MR) is 141 cm³/mol. The maximum absolute atomic E-state index is 11.7. The van der Waals surface area contributed by atoms with E-state index in [9.17, 15) is 10.2 Å². The standard InChI is InChI=1S/C20H16N2O2.2C5H5N.ClHO4.Co/c23-19-11-5-1-7-15(19)13-21-17-9-3-4-10-18(17)22-14-16-8-2-6-12-20(16)24;2*1-2-4-6-5-3-1;2-1(3,4)5;/h1-14,23-24H;2*1-5H;(H,2,3,4,5);/q;;;;+3/p-3. The summed E-state index contributed by atoms with van der Waals surface area (Å²) in [5.41, 5.74) is 2.28. The monoisotopic (exact) mass is 630 g/mol. The Labute approximate surface area is 255 Å². The number of aromatic nitrogens is 2. The third-order valence-electron chi connectivity index (χ3n) is 4.54. The van der Waals surface area contributed by atoms with Gasteiger partial charge in [-0.25, -0.2) is 18.6 Å². The molecule has 2 aromatic heterocycles. The maximum Gasteiger partial charge on any atom is 3.00 e. The molecule has 42 heavy (non-hydrogen) atoms. The zero-order chi connectivity index (χ0) is 29.8. The van der Waals surface area contributed by atoms with E-state index in [1.54, 1.807) is 73.3 Å². The molecule has 0 amide bonds. The molecule has 0 unspecified atom stereocenters. The van der Waals surface area contributed by atoms with Crippen LogP contribution < -0.4 is 28.8 Å². The van der Waals surface area contributed by atoms with Crippen molar-refractivity contribution in [2.24, 2.45) is 9.98 Å². The fraction of sp³-hybridized carbons (Fsp3) is 0. The molecular formula is C30H24ClCoN4O6. The molecule has 0 saturated carbocycles. The van der Waals surface area contributed by atoms with E-state index in [0.29, 0.717) is 22.5 Å². The van der Waals surface area contributed by atoms with E-state index in [1.807, 2.05) is 48.5 Å². The first-order chi connectivity index (χ1) is 19.7. The van der Waals surface area contributed by atoms with Gasteiger partial charge in [-0.2, -0.15) is 0 Å². The van der Waals surface area contributed by atoms with Crippen LogP contribution in [0.15, 0.2) is 144 Å². The average molecular weight is 631 g/mol. The second-order valence-corrected chi connectivity index (χ2v) is 8.26. The van der Waals surface area contributed by atoms with Crippen molar-refractivity contribution in [1.29, 1.82) is 0 Å². The van der Waals surface area contributed by atoms with Gasteiger partial charge in [0.15, 0.2) is 0 Å². The van der Waals surface area contributed by atoms with Gasteiger partial charge in [0.2, 0.25) is 0 Å². The van der Waals surface area contributed by atoms with E-state index in [1.165, 1.54) is 24.6 Å². The van der Waals surface area contributed by atoms with Crippen molar-refractivity contribution in [3.8, 4) is 11.5 Å². The molecule has 0 aliphatic heterocycles. The minimum atomic E-state index is -4.94. The van der Waals surface area contributed by atoms with Crippen molar-refractivity contribution >= 4 is 23.8 Å². The predicted octanol–water partition coefficient (Wildman–Crippen LogP) is 0.740. The number of pyridine rings is 2. The van der Waals surface area contributed by atoms with Crippen molar-refractivity contribution in [3.05, 3.63) is 145 Å². The van der Waals surface area contributed by atoms with Crippen LogP contribution in [0.1, 0.15) is 11.1 Å². The van der Waals surface area contributed by atoms with Crippen LogP contribution in [0.25, 0.3) is 0 Å². The average Bonchev–Trinajstić information content (AvgIpc) is 2.98. The first-order valence-electron chi connectivity index (χ1n) is 11.7. The van der Waals surface area contributed by atoms with Gasteiger partial charge in [-0.05, 0) is 47.5 Å². The molecule has 0 N–H and O–H groups in total. The Kier molecular flexibility index (Phi) is 17.3. The van der Waals surface area contributed by atoms with E-state index < -0.39 is 10.2 Å². The number of para-hydroxylation sites is 4. The zero-order valence-electron chi connectivity index (χ0n) is 21.8. The summed E-state index contributed by atoms with van der Waals surface area (Å²) in [4.78, 5) is 16.3. The number of nitrogens with zero attached hydrogens (tertiary/aromatic N) is 4. The molecule has 0 bridgehead atoms. The topological polar surface area (TPSA) is 189 Å². The van der Waals surface area contributed by atoms with Gasteiger partial charge in [-0.3, -0.25) is 20.0 Å². The first kappa shape index (κ1) is 35.6. The Balaban J connectivity index is 0.000000396. The summed E-state index contributed by atoms with van der Waals surface area (Å²) in [6.45, 7) is 0. The molecule has 0 radical (unpaired) electrons. The second-order valence-electron chi connectivity index (χ2n) is 7.51. The van der Waals surface area contributed by atoms with E-state index in [4.69, 9.17) is 18.6 Å². The van der Waals surface area contributed by atoms with E-state index in [0.717, 1.165) is 0 Å². The van der Waals surface area contributed by atoms with Crippen LogP contribution in [0.2, 0.25) is 0 Å². The number of rotatable bonds is 4. The first-order valence-corrected chi connectivity index (χ1v) is 13.0. The Morgan fingerprint density at radius 3 is 1.05 bits per heavy atom. The molecule has 0 spiro atoms. The molecule has 0 atom stereocenters. The summed E-state index contributed by atoms with van der Waals surface area (Å²) in [6, 6.07) is 32.1. The molecule has 216 valence electrons. The van der Waals surface area contributed by atoms with Crippen LogP contribution in [-0.2, 0) is 16.8 Å². The summed E-state index contributed by atoms with van der Waals surface area (Å²) in [6.07, 6.45) is 10.1. The number of halogens is 1. The molecule has 0 saturated heterocycles. The van der Waals surface area contributed by atoms with Gasteiger partial charge >= 0.3 is 16.8 Å². The van der Waals surface area contributed by atoms with Gasteiger partial charge < -0.3 is 10.2 Å². The van der Waals surface area contributed by atoms with Crippen LogP contribution in [0.3, 0.4) is 0 Å². The van der Waals surface area contributed by atoms with Crippen molar-refractivity contribution in [2.75, 3.05) is 0 Å². The fourth-order valence-electron chi connectivity index (χ4n) is 2.76. The van der Waals surface area contributed by atoms with Crippen LogP contribution in [0.5, 0.6) is 11.5 Å². The van der Waals surface area contributed by atoms with Crippen molar-refractivity contribution in [1.82, 2.24) is 9.97 Å². The van der Waals surface area contributed by atoms with Crippen LogP contribution in [0.4, 0.5) is 11.4 Å². The number of hydrogen-bond acceptors (Lipinski definition) is 10. The Morgan fingerprint density at radius 2 is 0.786 bits per heavy atom. The minimum Gasteiger partial charge on any atom is -0.872 e. The van der Waals surface area contributed by atoms with Gasteiger partial charge in [0, 0.05) is 37.2 Å². The van der Waals surface area contributed by atoms with Crippen molar-refractivity contribution in [2.45, 2.75) is 0 Å². The number of hydrogen-bond donors (Lipinski definition) is 0. The molecular weight excluding hydrogens is 607 g/mol. The summed E-state index contributed by atoms with van der Waals surface area (Å²) in [7, 11) is -4.94. The summed E-state index contributed by atoms with van der Waals surface area (Å²) in [5.74, 6) is -0.162. The Morgan fingerprint density at radius 1 is 0.476 bits per heavy atom. The minimum absolute atomic E-state index is 0. The molecule has 5 aromatic rings. The Bertz CT molecular complexity index is 1310.